The maximum Gasteiger partial charge on any atom is 0.264 e. The van der Waals surface area contributed by atoms with Gasteiger partial charge < -0.3 is 4.74 Å². The van der Waals surface area contributed by atoms with Crippen LogP contribution < -0.4 is 20.9 Å². The van der Waals surface area contributed by atoms with Gasteiger partial charge in [-0.1, -0.05) is 65.7 Å². The third-order valence-corrected chi connectivity index (χ3v) is 4.79. The molecule has 0 spiro atoms. The van der Waals surface area contributed by atoms with Crippen molar-refractivity contribution >= 4 is 63.1 Å². The van der Waals surface area contributed by atoms with Crippen molar-refractivity contribution in [3.8, 4) is 5.75 Å². The van der Waals surface area contributed by atoms with Crippen molar-refractivity contribution in [2.75, 3.05) is 6.61 Å². The SMILES string of the molecule is O=C(Cc1cccc2ccccc12)NNC(=S)NC(=O)COc1ccc(Cl)cc1Cl. The van der Waals surface area contributed by atoms with E-state index >= 15 is 0 Å². The van der Waals surface area contributed by atoms with E-state index in [4.69, 9.17) is 40.2 Å². The number of amides is 2. The average Bonchev–Trinajstić information content (AvgIpc) is 2.72. The van der Waals surface area contributed by atoms with Gasteiger partial charge in [0, 0.05) is 5.02 Å². The van der Waals surface area contributed by atoms with Crippen LogP contribution in [0.4, 0.5) is 0 Å². The number of fused-ring (bicyclic) bond motifs is 1. The summed E-state index contributed by atoms with van der Waals surface area (Å²) >= 11 is 16.8. The lowest BCUT2D eigenvalue weighted by molar-refractivity contribution is -0.122. The van der Waals surface area contributed by atoms with Crippen LogP contribution in [0.5, 0.6) is 5.75 Å². The Hall–Kier alpha value is -2.87. The highest BCUT2D eigenvalue weighted by molar-refractivity contribution is 7.80. The van der Waals surface area contributed by atoms with Crippen molar-refractivity contribution in [2.24, 2.45) is 0 Å². The molecule has 3 N–H and O–H groups in total. The van der Waals surface area contributed by atoms with Gasteiger partial charge in [-0.15, -0.1) is 0 Å². The molecule has 0 radical (unpaired) electrons. The van der Waals surface area contributed by atoms with Crippen molar-refractivity contribution in [3.63, 3.8) is 0 Å². The molecule has 0 bridgehead atoms. The Morgan fingerprint density at radius 2 is 1.70 bits per heavy atom. The van der Waals surface area contributed by atoms with E-state index in [9.17, 15) is 9.59 Å². The van der Waals surface area contributed by atoms with Crippen LogP contribution in [0, 0.1) is 0 Å². The summed E-state index contributed by atoms with van der Waals surface area (Å²) in [5.74, 6) is -0.493. The monoisotopic (exact) mass is 461 g/mol. The van der Waals surface area contributed by atoms with Gasteiger partial charge in [0.2, 0.25) is 5.91 Å². The third kappa shape index (κ3) is 6.06. The zero-order chi connectivity index (χ0) is 21.5. The maximum atomic E-state index is 12.2. The van der Waals surface area contributed by atoms with E-state index in [2.05, 4.69) is 16.2 Å². The first-order valence-corrected chi connectivity index (χ1v) is 10.0. The predicted molar refractivity (Wildman–Crippen MR) is 122 cm³/mol. The standard InChI is InChI=1S/C21H17Cl2N3O3S/c22-15-8-9-18(17(23)11-15)29-12-20(28)24-21(30)26-25-19(27)10-14-6-3-5-13-4-1-2-7-16(13)14/h1-9,11H,10,12H2,(H,25,27)(H2,24,26,28,30). The molecule has 0 fully saturated rings. The zero-order valence-corrected chi connectivity index (χ0v) is 17.9. The number of halogens is 2. The largest absolute Gasteiger partial charge is 0.482 e. The number of thiocarbonyl (C=S) groups is 1. The van der Waals surface area contributed by atoms with Gasteiger partial charge in [-0.25, -0.2) is 0 Å². The number of rotatable bonds is 5. The summed E-state index contributed by atoms with van der Waals surface area (Å²) < 4.78 is 5.32. The van der Waals surface area contributed by atoms with Crippen LogP contribution in [0.25, 0.3) is 10.8 Å². The number of hydrazine groups is 1. The predicted octanol–water partition coefficient (Wildman–Crippen LogP) is 3.79. The topological polar surface area (TPSA) is 79.5 Å². The number of benzene rings is 3. The Bertz CT molecular complexity index is 1100. The van der Waals surface area contributed by atoms with Gasteiger partial charge >= 0.3 is 0 Å². The van der Waals surface area contributed by atoms with Gasteiger partial charge in [0.05, 0.1) is 11.4 Å². The molecule has 0 heterocycles. The molecule has 0 aromatic heterocycles. The Kier molecular flexibility index (Phi) is 7.46. The minimum atomic E-state index is -0.512. The first-order valence-electron chi connectivity index (χ1n) is 8.85. The molecule has 0 atom stereocenters. The van der Waals surface area contributed by atoms with Crippen molar-refractivity contribution in [3.05, 3.63) is 76.3 Å². The molecular formula is C21H17Cl2N3O3S. The van der Waals surface area contributed by atoms with Crippen LogP contribution in [0.2, 0.25) is 10.0 Å². The Balaban J connectivity index is 1.44. The Labute approximate surface area is 188 Å². The first kappa shape index (κ1) is 21.8. The smallest absolute Gasteiger partial charge is 0.264 e. The molecule has 9 heteroatoms. The fourth-order valence-corrected chi connectivity index (χ4v) is 3.35. The number of carbonyl (C=O) groups is 2. The van der Waals surface area contributed by atoms with Gasteiger partial charge in [-0.2, -0.15) is 0 Å². The first-order chi connectivity index (χ1) is 14.4. The summed E-state index contributed by atoms with van der Waals surface area (Å²) in [4.78, 5) is 24.2. The molecule has 3 aromatic rings. The van der Waals surface area contributed by atoms with E-state index in [1.165, 1.54) is 6.07 Å². The lowest BCUT2D eigenvalue weighted by Gasteiger charge is -2.12. The second-order valence-electron chi connectivity index (χ2n) is 6.23. The number of ether oxygens (including phenoxy) is 1. The quantitative estimate of drug-likeness (QED) is 0.397. The normalized spacial score (nSPS) is 10.3. The van der Waals surface area contributed by atoms with Crippen LogP contribution in [0.3, 0.4) is 0 Å². The van der Waals surface area contributed by atoms with E-state index in [1.54, 1.807) is 12.1 Å². The van der Waals surface area contributed by atoms with Gasteiger partial charge in [0.25, 0.3) is 5.91 Å². The second-order valence-corrected chi connectivity index (χ2v) is 7.48. The van der Waals surface area contributed by atoms with Crippen molar-refractivity contribution in [1.29, 1.82) is 0 Å². The van der Waals surface area contributed by atoms with E-state index in [0.29, 0.717) is 10.8 Å². The Morgan fingerprint density at radius 3 is 2.50 bits per heavy atom. The molecule has 3 rings (SSSR count). The minimum absolute atomic E-state index is 0.0583. The average molecular weight is 462 g/mol. The van der Waals surface area contributed by atoms with Crippen LogP contribution in [-0.2, 0) is 16.0 Å². The summed E-state index contributed by atoms with van der Waals surface area (Å²) in [6.45, 7) is -0.312. The molecule has 0 saturated heterocycles. The molecule has 0 saturated carbocycles. The zero-order valence-electron chi connectivity index (χ0n) is 15.6. The summed E-state index contributed by atoms with van der Waals surface area (Å²) in [5.41, 5.74) is 5.85. The highest BCUT2D eigenvalue weighted by atomic mass is 35.5. The molecule has 0 aliphatic rings. The van der Waals surface area contributed by atoms with E-state index in [-0.39, 0.29) is 29.1 Å². The number of hydrogen-bond acceptors (Lipinski definition) is 4. The summed E-state index contributed by atoms with van der Waals surface area (Å²) in [7, 11) is 0. The van der Waals surface area contributed by atoms with Crippen molar-refractivity contribution < 1.29 is 14.3 Å². The number of carbonyl (C=O) groups excluding carboxylic acids is 2. The molecule has 0 aliphatic carbocycles. The van der Waals surface area contributed by atoms with E-state index in [0.717, 1.165) is 16.3 Å². The highest BCUT2D eigenvalue weighted by Gasteiger charge is 2.10. The van der Waals surface area contributed by atoms with E-state index < -0.39 is 5.91 Å². The lowest BCUT2D eigenvalue weighted by Crippen LogP contribution is -2.49. The van der Waals surface area contributed by atoms with Gasteiger partial charge in [0.1, 0.15) is 5.75 Å². The number of hydrogen-bond donors (Lipinski definition) is 3. The lowest BCUT2D eigenvalue weighted by atomic mass is 10.0. The summed E-state index contributed by atoms with van der Waals surface area (Å²) in [6.07, 6.45) is 0.156. The molecule has 0 aliphatic heterocycles. The fourth-order valence-electron chi connectivity index (χ4n) is 2.72. The third-order valence-electron chi connectivity index (χ3n) is 4.05. The highest BCUT2D eigenvalue weighted by Crippen LogP contribution is 2.27. The Morgan fingerprint density at radius 1 is 0.933 bits per heavy atom. The van der Waals surface area contributed by atoms with Crippen molar-refractivity contribution in [2.45, 2.75) is 6.42 Å². The van der Waals surface area contributed by atoms with Gasteiger partial charge in [-0.3, -0.25) is 25.8 Å². The maximum absolute atomic E-state index is 12.2. The molecule has 6 nitrogen and oxygen atoms in total. The summed E-state index contributed by atoms with van der Waals surface area (Å²) in [6, 6.07) is 18.2. The molecular weight excluding hydrogens is 445 g/mol. The number of nitrogens with one attached hydrogen (secondary N) is 3. The molecule has 0 unspecified atom stereocenters. The van der Waals surface area contributed by atoms with Crippen LogP contribution in [0.15, 0.2) is 60.7 Å². The van der Waals surface area contributed by atoms with E-state index in [1.807, 2.05) is 42.5 Å². The van der Waals surface area contributed by atoms with Crippen molar-refractivity contribution in [1.82, 2.24) is 16.2 Å². The minimum Gasteiger partial charge on any atom is -0.482 e. The van der Waals surface area contributed by atoms with Gasteiger partial charge in [-0.05, 0) is 46.8 Å². The molecule has 2 amide bonds. The molecule has 30 heavy (non-hydrogen) atoms. The molecule has 3 aromatic carbocycles. The van der Waals surface area contributed by atoms with Crippen LogP contribution in [0.1, 0.15) is 5.56 Å². The second kappa shape index (κ2) is 10.2. The molecule has 154 valence electrons. The van der Waals surface area contributed by atoms with Crippen LogP contribution >= 0.6 is 35.4 Å². The summed E-state index contributed by atoms with van der Waals surface area (Å²) in [5, 5.41) is 5.15. The fraction of sp³-hybridized carbons (Fsp3) is 0.0952. The van der Waals surface area contributed by atoms with Gasteiger partial charge in [0.15, 0.2) is 11.7 Å². The van der Waals surface area contributed by atoms with Crippen LogP contribution in [-0.4, -0.2) is 23.5 Å².